The van der Waals surface area contributed by atoms with Gasteiger partial charge in [-0.25, -0.2) is 9.78 Å². The fourth-order valence-corrected chi connectivity index (χ4v) is 6.12. The first-order valence-electron chi connectivity index (χ1n) is 15.5. The maximum Gasteiger partial charge on any atom is 0.321 e. The lowest BCUT2D eigenvalue weighted by atomic mass is 9.92. The van der Waals surface area contributed by atoms with E-state index in [9.17, 15) is 19.2 Å². The lowest BCUT2D eigenvalue weighted by Crippen LogP contribution is -2.58. The van der Waals surface area contributed by atoms with Crippen molar-refractivity contribution in [1.29, 1.82) is 0 Å². The molecule has 1 atom stereocenters. The third kappa shape index (κ3) is 5.86. The van der Waals surface area contributed by atoms with Gasteiger partial charge in [0.25, 0.3) is 5.91 Å². The van der Waals surface area contributed by atoms with Gasteiger partial charge in [0, 0.05) is 44.4 Å². The van der Waals surface area contributed by atoms with Gasteiger partial charge in [0.15, 0.2) is 18.1 Å². The third-order valence-electron chi connectivity index (χ3n) is 8.88. The number of ether oxygens (including phenoxy) is 2. The molecule has 244 valence electrons. The Morgan fingerprint density at radius 2 is 1.80 bits per heavy atom. The molecular formula is C33H40N6O7. The van der Waals surface area contributed by atoms with Gasteiger partial charge in [0.1, 0.15) is 22.6 Å². The van der Waals surface area contributed by atoms with E-state index in [0.29, 0.717) is 22.4 Å². The number of rotatable bonds is 9. The number of furan rings is 1. The molecule has 0 aliphatic carbocycles. The van der Waals surface area contributed by atoms with Crippen molar-refractivity contribution in [3.63, 3.8) is 0 Å². The average Bonchev–Trinajstić information content (AvgIpc) is 3.71. The number of hydrogen-bond donors (Lipinski definition) is 1. The number of carbonyl (C=O) groups is 4. The van der Waals surface area contributed by atoms with Crippen LogP contribution in [0, 0.1) is 5.41 Å². The number of Topliss-reactive ketones (excluding diaryl/α,β-unsaturated/α-hetero) is 1. The number of ketones is 1. The first-order chi connectivity index (χ1) is 21.9. The van der Waals surface area contributed by atoms with E-state index in [1.54, 1.807) is 45.0 Å². The molecule has 0 unspecified atom stereocenters. The highest BCUT2D eigenvalue weighted by molar-refractivity contribution is 6.08. The Morgan fingerprint density at radius 3 is 2.50 bits per heavy atom. The summed E-state index contributed by atoms with van der Waals surface area (Å²) in [6.07, 6.45) is 0. The molecule has 2 aromatic heterocycles. The molecule has 6 rings (SSSR count). The van der Waals surface area contributed by atoms with Crippen LogP contribution < -0.4 is 15.0 Å². The second kappa shape index (κ2) is 11.9. The molecule has 1 N–H and O–H groups in total. The molecule has 2 saturated heterocycles. The predicted octanol–water partition coefficient (Wildman–Crippen LogP) is 3.13. The minimum Gasteiger partial charge on any atom is -0.497 e. The molecule has 0 spiro atoms. The topological polar surface area (TPSA) is 138 Å². The Labute approximate surface area is 267 Å². The normalized spacial score (nSPS) is 20.3. The zero-order chi connectivity index (χ0) is 32.8. The van der Waals surface area contributed by atoms with Crippen molar-refractivity contribution in [2.45, 2.75) is 39.8 Å². The molecule has 0 bridgehead atoms. The van der Waals surface area contributed by atoms with Crippen LogP contribution in [0.2, 0.25) is 0 Å². The van der Waals surface area contributed by atoms with Crippen molar-refractivity contribution in [3.05, 3.63) is 53.3 Å². The summed E-state index contributed by atoms with van der Waals surface area (Å²) in [7, 11) is 1.53. The van der Waals surface area contributed by atoms with E-state index in [0.717, 1.165) is 44.1 Å². The molecule has 3 amide bonds. The summed E-state index contributed by atoms with van der Waals surface area (Å²) in [4.78, 5) is 65.9. The van der Waals surface area contributed by atoms with Gasteiger partial charge in [-0.2, -0.15) is 0 Å². The molecule has 2 fully saturated rings. The fourth-order valence-electron chi connectivity index (χ4n) is 6.12. The second-order valence-electron chi connectivity index (χ2n) is 13.1. The predicted molar refractivity (Wildman–Crippen MR) is 169 cm³/mol. The van der Waals surface area contributed by atoms with Crippen molar-refractivity contribution < 1.29 is 33.1 Å². The number of benzene rings is 1. The fraction of sp³-hybridized carbons (Fsp3) is 0.485. The highest BCUT2D eigenvalue weighted by Crippen LogP contribution is 2.32. The summed E-state index contributed by atoms with van der Waals surface area (Å²) in [6, 6.07) is 9.94. The standard InChI is InChI=1S/C33H40N6O7/c1-6-36-11-13-37(14-12-36)27-10-9-25-24(34-27)16-26(46-25)28(40)33(19-39(31(43)35-33)20-45-30(42)32(2,3)4)18-38-17-21-7-8-22(44-5)15-23(21)29(38)41/h7-10,15-16H,6,11-14,17-20H2,1-5H3,(H,35,43)/t33-/m1/s1. The number of carbonyl (C=O) groups excluding carboxylic acids is 4. The van der Waals surface area contributed by atoms with Crippen molar-refractivity contribution in [2.75, 3.05) is 64.6 Å². The Bertz CT molecular complexity index is 1690. The molecule has 1 aromatic carbocycles. The van der Waals surface area contributed by atoms with Gasteiger partial charge in [-0.05, 0) is 57.1 Å². The minimum absolute atomic E-state index is 0.00937. The summed E-state index contributed by atoms with van der Waals surface area (Å²) in [5.41, 5.74) is -0.143. The smallest absolute Gasteiger partial charge is 0.321 e. The van der Waals surface area contributed by atoms with Gasteiger partial charge >= 0.3 is 12.0 Å². The SMILES string of the molecule is CCN1CCN(c2ccc3oc(C(=O)[C@@]4(CN5Cc6ccc(OC)cc6C5=O)CN(COC(=O)C(C)(C)C)C(=O)N4)cc3n2)CC1. The molecule has 3 aromatic rings. The van der Waals surface area contributed by atoms with Crippen LogP contribution in [0.15, 0.2) is 40.8 Å². The van der Waals surface area contributed by atoms with Crippen LogP contribution in [-0.2, 0) is 16.1 Å². The maximum atomic E-state index is 14.4. The summed E-state index contributed by atoms with van der Waals surface area (Å²) in [5, 5.41) is 2.83. The van der Waals surface area contributed by atoms with E-state index in [1.807, 2.05) is 12.1 Å². The van der Waals surface area contributed by atoms with Gasteiger partial charge in [0.05, 0.1) is 25.6 Å². The molecule has 46 heavy (non-hydrogen) atoms. The molecule has 0 saturated carbocycles. The molecule has 5 heterocycles. The summed E-state index contributed by atoms with van der Waals surface area (Å²) < 4.78 is 16.7. The van der Waals surface area contributed by atoms with Gasteiger partial charge < -0.3 is 33.9 Å². The molecule has 0 radical (unpaired) electrons. The number of likely N-dealkylation sites (N-methyl/N-ethyl adjacent to an activating group) is 1. The number of fused-ring (bicyclic) bond motifs is 2. The van der Waals surface area contributed by atoms with Gasteiger partial charge in [-0.3, -0.25) is 19.3 Å². The van der Waals surface area contributed by atoms with Crippen molar-refractivity contribution >= 4 is 40.6 Å². The Hall–Kier alpha value is -4.65. The van der Waals surface area contributed by atoms with Crippen LogP contribution in [-0.4, -0.2) is 109 Å². The number of anilines is 1. The summed E-state index contributed by atoms with van der Waals surface area (Å²) in [6.45, 7) is 11.5. The molecule has 13 nitrogen and oxygen atoms in total. The summed E-state index contributed by atoms with van der Waals surface area (Å²) >= 11 is 0. The second-order valence-corrected chi connectivity index (χ2v) is 13.1. The van der Waals surface area contributed by atoms with E-state index in [4.69, 9.17) is 18.9 Å². The highest BCUT2D eigenvalue weighted by atomic mass is 16.5. The van der Waals surface area contributed by atoms with Crippen LogP contribution in [0.4, 0.5) is 10.6 Å². The number of methoxy groups -OCH3 is 1. The largest absolute Gasteiger partial charge is 0.497 e. The van der Waals surface area contributed by atoms with Crippen molar-refractivity contribution in [3.8, 4) is 5.75 Å². The number of esters is 1. The van der Waals surface area contributed by atoms with E-state index in [1.165, 1.54) is 16.9 Å². The zero-order valence-corrected chi connectivity index (χ0v) is 26.9. The maximum absolute atomic E-state index is 14.4. The van der Waals surface area contributed by atoms with Crippen molar-refractivity contribution in [1.82, 2.24) is 25.0 Å². The van der Waals surface area contributed by atoms with Gasteiger partial charge in [-0.1, -0.05) is 13.0 Å². The third-order valence-corrected chi connectivity index (χ3v) is 8.88. The Morgan fingerprint density at radius 1 is 1.04 bits per heavy atom. The number of piperazine rings is 1. The molecule has 3 aliphatic heterocycles. The highest BCUT2D eigenvalue weighted by Gasteiger charge is 2.52. The van der Waals surface area contributed by atoms with Crippen LogP contribution in [0.3, 0.4) is 0 Å². The number of hydrogen-bond acceptors (Lipinski definition) is 10. The number of pyridine rings is 1. The first kappa shape index (κ1) is 31.3. The Balaban J connectivity index is 1.28. The van der Waals surface area contributed by atoms with Crippen LogP contribution in [0.5, 0.6) is 5.75 Å². The number of nitrogens with one attached hydrogen (secondary N) is 1. The number of amides is 3. The number of aromatic nitrogens is 1. The van der Waals surface area contributed by atoms with Crippen LogP contribution in [0.25, 0.3) is 11.1 Å². The van der Waals surface area contributed by atoms with Crippen LogP contribution in [0.1, 0.15) is 54.2 Å². The average molecular weight is 633 g/mol. The molecular weight excluding hydrogens is 592 g/mol. The van der Waals surface area contributed by atoms with E-state index in [-0.39, 0.29) is 38.0 Å². The van der Waals surface area contributed by atoms with Gasteiger partial charge in [0.2, 0.25) is 5.78 Å². The lowest BCUT2D eigenvalue weighted by Gasteiger charge is -2.34. The Kier molecular flexibility index (Phi) is 8.13. The summed E-state index contributed by atoms with van der Waals surface area (Å²) in [5.74, 6) is 0.0698. The van der Waals surface area contributed by atoms with Crippen molar-refractivity contribution in [2.24, 2.45) is 5.41 Å². The number of urea groups is 1. The van der Waals surface area contributed by atoms with Gasteiger partial charge in [-0.15, -0.1) is 0 Å². The quantitative estimate of drug-likeness (QED) is 0.277. The lowest BCUT2D eigenvalue weighted by molar-refractivity contribution is -0.156. The molecule has 3 aliphatic rings. The van der Waals surface area contributed by atoms with E-state index < -0.39 is 28.7 Å². The van der Waals surface area contributed by atoms with E-state index in [2.05, 4.69) is 22.0 Å². The molecule has 13 heteroatoms. The van der Waals surface area contributed by atoms with E-state index >= 15 is 0 Å². The monoisotopic (exact) mass is 632 g/mol. The number of nitrogens with zero attached hydrogens (tertiary/aromatic N) is 5. The van der Waals surface area contributed by atoms with Crippen LogP contribution >= 0.6 is 0 Å². The zero-order valence-electron chi connectivity index (χ0n) is 26.9. The first-order valence-corrected chi connectivity index (χ1v) is 15.5. The minimum atomic E-state index is -1.58.